The zero-order valence-corrected chi connectivity index (χ0v) is 19.8. The highest BCUT2D eigenvalue weighted by molar-refractivity contribution is 8.15. The number of hydrogen-bond donors (Lipinski definition) is 2. The van der Waals surface area contributed by atoms with Gasteiger partial charge in [0, 0.05) is 35.2 Å². The Morgan fingerprint density at radius 2 is 2.06 bits per heavy atom. The third-order valence-corrected chi connectivity index (χ3v) is 7.50. The Morgan fingerprint density at radius 3 is 2.79 bits per heavy atom. The van der Waals surface area contributed by atoms with Gasteiger partial charge in [0.1, 0.15) is 29.9 Å². The Morgan fingerprint density at radius 1 is 1.27 bits per heavy atom. The van der Waals surface area contributed by atoms with Crippen LogP contribution in [0.15, 0.2) is 41.8 Å². The molecule has 0 aliphatic carbocycles. The second-order valence-corrected chi connectivity index (χ2v) is 10.1. The van der Waals surface area contributed by atoms with Gasteiger partial charge < -0.3 is 15.8 Å². The van der Waals surface area contributed by atoms with Gasteiger partial charge in [0.2, 0.25) is 0 Å². The van der Waals surface area contributed by atoms with Crippen LogP contribution in [0.4, 0.5) is 20.3 Å². The van der Waals surface area contributed by atoms with Crippen molar-refractivity contribution >= 4 is 51.1 Å². The summed E-state index contributed by atoms with van der Waals surface area (Å²) in [5.41, 5.74) is 6.21. The topological polar surface area (TPSA) is 98.3 Å². The van der Waals surface area contributed by atoms with E-state index in [-0.39, 0.29) is 10.7 Å². The minimum Gasteiger partial charge on any atom is -0.383 e. The van der Waals surface area contributed by atoms with Crippen LogP contribution in [0.1, 0.15) is 19.4 Å². The summed E-state index contributed by atoms with van der Waals surface area (Å²) >= 11 is 7.31. The molecule has 1 aromatic carbocycles. The monoisotopic (exact) mass is 492 g/mol. The van der Waals surface area contributed by atoms with E-state index in [9.17, 15) is 4.39 Å². The molecule has 0 unspecified atom stereocenters. The molecule has 3 heterocycles. The van der Waals surface area contributed by atoms with Crippen LogP contribution in [-0.4, -0.2) is 45.3 Å². The Kier molecular flexibility index (Phi) is 6.43. The van der Waals surface area contributed by atoms with Crippen LogP contribution in [0, 0.1) is 11.7 Å². The van der Waals surface area contributed by atoms with Crippen molar-refractivity contribution in [1.29, 1.82) is 0 Å². The summed E-state index contributed by atoms with van der Waals surface area (Å²) in [7, 11) is 1.57. The second-order valence-electron chi connectivity index (χ2n) is 8.14. The molecule has 33 heavy (non-hydrogen) atoms. The number of nitrogens with two attached hydrogens (primary N) is 1. The first-order chi connectivity index (χ1) is 15.7. The molecule has 3 atom stereocenters. The minimum absolute atomic E-state index is 0.0995. The van der Waals surface area contributed by atoms with E-state index in [1.807, 2.05) is 13.8 Å². The van der Waals surface area contributed by atoms with Crippen LogP contribution in [-0.2, 0) is 10.3 Å². The van der Waals surface area contributed by atoms with Crippen molar-refractivity contribution in [1.82, 2.24) is 15.0 Å². The molecular formula is C22H23ClF2N6OS. The predicted octanol–water partition coefficient (Wildman–Crippen LogP) is 4.83. The van der Waals surface area contributed by atoms with Gasteiger partial charge in [-0.1, -0.05) is 30.3 Å². The maximum absolute atomic E-state index is 15.2. The average molecular weight is 493 g/mol. The van der Waals surface area contributed by atoms with Gasteiger partial charge >= 0.3 is 0 Å². The van der Waals surface area contributed by atoms with Gasteiger partial charge in [0.25, 0.3) is 0 Å². The SMILES string of the molecule is COC[C@@]1(C)SC(N)=N[C@](CF)(c2cc(Nc3ncnc4cc(Cl)cnc34)ccc2F)[C@@H]1C. The first kappa shape index (κ1) is 23.6. The van der Waals surface area contributed by atoms with Gasteiger partial charge in [-0.25, -0.2) is 28.7 Å². The molecule has 174 valence electrons. The summed E-state index contributed by atoms with van der Waals surface area (Å²) in [4.78, 5) is 17.1. The van der Waals surface area contributed by atoms with Gasteiger partial charge in [-0.05, 0) is 31.2 Å². The number of fused-ring (bicyclic) bond motifs is 1. The van der Waals surface area contributed by atoms with Gasteiger partial charge in [0.05, 0.1) is 17.1 Å². The largest absolute Gasteiger partial charge is 0.383 e. The number of aromatic nitrogens is 3. The van der Waals surface area contributed by atoms with Gasteiger partial charge in [-0.2, -0.15) is 0 Å². The smallest absolute Gasteiger partial charge is 0.160 e. The number of amidine groups is 1. The lowest BCUT2D eigenvalue weighted by molar-refractivity contribution is 0.107. The Bertz CT molecular complexity index is 1230. The van der Waals surface area contributed by atoms with Crippen LogP contribution in [0.5, 0.6) is 0 Å². The highest BCUT2D eigenvalue weighted by Crippen LogP contribution is 2.51. The molecular weight excluding hydrogens is 470 g/mol. The summed E-state index contributed by atoms with van der Waals surface area (Å²) < 4.78 is 34.7. The number of nitrogens with one attached hydrogen (secondary N) is 1. The zero-order valence-electron chi connectivity index (χ0n) is 18.3. The molecule has 1 aliphatic rings. The van der Waals surface area contributed by atoms with Crippen molar-refractivity contribution in [2.24, 2.45) is 16.6 Å². The van der Waals surface area contributed by atoms with Gasteiger partial charge in [0.15, 0.2) is 11.0 Å². The normalized spacial score (nSPS) is 25.2. The second kappa shape index (κ2) is 9.00. The summed E-state index contributed by atoms with van der Waals surface area (Å²) in [5, 5.41) is 3.76. The molecule has 7 nitrogen and oxygen atoms in total. The predicted molar refractivity (Wildman–Crippen MR) is 128 cm³/mol. The number of methoxy groups -OCH3 is 1. The lowest BCUT2D eigenvalue weighted by Crippen LogP contribution is -2.53. The summed E-state index contributed by atoms with van der Waals surface area (Å²) in [6, 6.07) is 6.02. The number of nitrogens with zero attached hydrogens (tertiary/aromatic N) is 4. The minimum atomic E-state index is -1.51. The molecule has 3 aromatic rings. The molecule has 1 aliphatic heterocycles. The number of ether oxygens (including phenoxy) is 1. The van der Waals surface area contributed by atoms with Crippen molar-refractivity contribution < 1.29 is 13.5 Å². The number of anilines is 2. The third kappa shape index (κ3) is 4.22. The van der Waals surface area contributed by atoms with E-state index < -0.39 is 28.7 Å². The number of aliphatic imine (C=N–C) groups is 1. The first-order valence-electron chi connectivity index (χ1n) is 10.1. The van der Waals surface area contributed by atoms with E-state index in [1.165, 1.54) is 42.5 Å². The van der Waals surface area contributed by atoms with Crippen molar-refractivity contribution in [3.8, 4) is 0 Å². The van der Waals surface area contributed by atoms with Gasteiger partial charge in [-0.3, -0.25) is 0 Å². The maximum atomic E-state index is 15.2. The number of pyridine rings is 1. The quantitative estimate of drug-likeness (QED) is 0.508. The van der Waals surface area contributed by atoms with E-state index in [4.69, 9.17) is 22.1 Å². The van der Waals surface area contributed by atoms with Gasteiger partial charge in [-0.15, -0.1) is 0 Å². The number of thioether (sulfide) groups is 1. The number of hydrogen-bond acceptors (Lipinski definition) is 8. The molecule has 11 heteroatoms. The van der Waals surface area contributed by atoms with Crippen molar-refractivity contribution in [2.45, 2.75) is 24.1 Å². The van der Waals surface area contributed by atoms with Crippen LogP contribution in [0.2, 0.25) is 5.02 Å². The highest BCUT2D eigenvalue weighted by atomic mass is 35.5. The van der Waals surface area contributed by atoms with Crippen molar-refractivity contribution in [3.05, 3.63) is 53.2 Å². The van der Waals surface area contributed by atoms with E-state index in [2.05, 4.69) is 25.3 Å². The Balaban J connectivity index is 1.79. The Hall–Kier alpha value is -2.56. The van der Waals surface area contributed by atoms with Crippen LogP contribution in [0.3, 0.4) is 0 Å². The Labute approximate surface area is 199 Å². The summed E-state index contributed by atoms with van der Waals surface area (Å²) in [6.07, 6.45) is 2.86. The van der Waals surface area contributed by atoms with Crippen molar-refractivity contribution in [3.63, 3.8) is 0 Å². The third-order valence-electron chi connectivity index (χ3n) is 6.05. The molecule has 0 fully saturated rings. The number of halogens is 3. The number of rotatable bonds is 6. The van der Waals surface area contributed by atoms with Crippen LogP contribution >= 0.6 is 23.4 Å². The van der Waals surface area contributed by atoms with Crippen LogP contribution in [0.25, 0.3) is 11.0 Å². The van der Waals surface area contributed by atoms with Crippen LogP contribution < -0.4 is 11.1 Å². The van der Waals surface area contributed by atoms with Crippen molar-refractivity contribution in [2.75, 3.05) is 25.7 Å². The summed E-state index contributed by atoms with van der Waals surface area (Å²) in [6.45, 7) is 3.14. The lowest BCUT2D eigenvalue weighted by Gasteiger charge is -2.47. The summed E-state index contributed by atoms with van der Waals surface area (Å²) in [5.74, 6) is -0.602. The average Bonchev–Trinajstić information content (AvgIpc) is 2.78. The standard InChI is InChI=1S/C22H23ClF2N6OS/c1-12-21(2,10-32-3)33-20(26)31-22(12,9-24)15-7-14(4-5-16(15)25)30-19-18-17(28-11-29-19)6-13(23)8-27-18/h4-8,11-12H,9-10H2,1-3H3,(H2,26,31)(H,28,29,30)/t12-,21-,22+/m1/s1. The number of benzene rings is 1. The fourth-order valence-corrected chi connectivity index (χ4v) is 5.57. The maximum Gasteiger partial charge on any atom is 0.160 e. The molecule has 0 amide bonds. The molecule has 0 saturated heterocycles. The molecule has 2 aromatic heterocycles. The van der Waals surface area contributed by atoms with E-state index in [0.717, 1.165) is 0 Å². The molecule has 0 bridgehead atoms. The lowest BCUT2D eigenvalue weighted by atomic mass is 9.73. The number of alkyl halides is 1. The molecule has 4 rings (SSSR count). The fourth-order valence-electron chi connectivity index (χ4n) is 4.18. The van der Waals surface area contributed by atoms with E-state index in [0.29, 0.717) is 34.2 Å². The zero-order chi connectivity index (χ0) is 23.8. The van der Waals surface area contributed by atoms with E-state index in [1.54, 1.807) is 13.2 Å². The fraction of sp³-hybridized carbons (Fsp3) is 0.364. The first-order valence-corrected chi connectivity index (χ1v) is 11.3. The van der Waals surface area contributed by atoms with E-state index >= 15 is 4.39 Å². The molecule has 0 saturated carbocycles. The molecule has 3 N–H and O–H groups in total. The highest BCUT2D eigenvalue weighted by Gasteiger charge is 2.53. The molecule has 0 spiro atoms. The molecule has 0 radical (unpaired) electrons.